The van der Waals surface area contributed by atoms with E-state index in [-0.39, 0.29) is 24.0 Å². The van der Waals surface area contributed by atoms with Crippen molar-refractivity contribution in [2.24, 2.45) is 4.99 Å². The lowest BCUT2D eigenvalue weighted by molar-refractivity contribution is 0.372. The fourth-order valence-corrected chi connectivity index (χ4v) is 2.94. The number of thiazole rings is 1. The van der Waals surface area contributed by atoms with Crippen LogP contribution in [-0.4, -0.2) is 29.7 Å². The van der Waals surface area contributed by atoms with Crippen LogP contribution in [0.3, 0.4) is 0 Å². The summed E-state index contributed by atoms with van der Waals surface area (Å²) in [5, 5.41) is 11.7. The van der Waals surface area contributed by atoms with Gasteiger partial charge in [0.2, 0.25) is 0 Å². The number of hydrogen-bond acceptors (Lipinski definition) is 5. The number of halogens is 1. The third-order valence-corrected chi connectivity index (χ3v) is 4.66. The van der Waals surface area contributed by atoms with E-state index < -0.39 is 0 Å². The topological polar surface area (TPSA) is 75.3 Å². The quantitative estimate of drug-likeness (QED) is 0.390. The lowest BCUT2D eigenvalue weighted by atomic mass is 10.1. The van der Waals surface area contributed by atoms with E-state index in [2.05, 4.69) is 46.5 Å². The normalized spacial score (nSPS) is 11.5. The summed E-state index contributed by atoms with van der Waals surface area (Å²) in [6.07, 6.45) is 0.889. The summed E-state index contributed by atoms with van der Waals surface area (Å²) in [6.45, 7) is 9.70. The molecule has 0 radical (unpaired) electrons. The summed E-state index contributed by atoms with van der Waals surface area (Å²) in [7, 11) is 1.76. The highest BCUT2D eigenvalue weighted by atomic mass is 127. The molecule has 0 atom stereocenters. The predicted octanol–water partition coefficient (Wildman–Crippen LogP) is 3.40. The first-order valence-electron chi connectivity index (χ1n) is 7.82. The van der Waals surface area contributed by atoms with Crippen LogP contribution in [0.5, 0.6) is 0 Å². The molecule has 8 heteroatoms. The van der Waals surface area contributed by atoms with Crippen LogP contribution in [0.4, 0.5) is 0 Å². The number of nitrogens with zero attached hydrogens (tertiary/aromatic N) is 3. The van der Waals surface area contributed by atoms with Crippen molar-refractivity contribution in [3.05, 3.63) is 33.1 Å². The Balaban J connectivity index is 0.00000288. The molecule has 134 valence electrons. The largest absolute Gasteiger partial charge is 0.359 e. The predicted molar refractivity (Wildman–Crippen MR) is 110 cm³/mol. The zero-order chi connectivity index (χ0) is 16.8. The molecule has 0 aromatic carbocycles. The molecule has 2 rings (SSSR count). The van der Waals surface area contributed by atoms with Crippen LogP contribution < -0.4 is 10.6 Å². The summed E-state index contributed by atoms with van der Waals surface area (Å²) in [5.74, 6) is 1.93. The van der Waals surface area contributed by atoms with Gasteiger partial charge in [-0.2, -0.15) is 0 Å². The Morgan fingerprint density at radius 2 is 2.08 bits per heavy atom. The molecule has 0 unspecified atom stereocenters. The van der Waals surface area contributed by atoms with E-state index in [4.69, 9.17) is 4.52 Å². The van der Waals surface area contributed by atoms with Gasteiger partial charge in [-0.1, -0.05) is 19.0 Å². The van der Waals surface area contributed by atoms with Gasteiger partial charge in [0.15, 0.2) is 11.7 Å². The standard InChI is InChI=1S/C16H25N5OS.HI/c1-10(2)14-8-13(22-21-14)9-19-16(17-5)18-7-6-15-20-11(3)12(4)23-15;/h8,10H,6-7,9H2,1-5H3,(H2,17,18,19);1H. The van der Waals surface area contributed by atoms with Crippen LogP contribution in [0, 0.1) is 13.8 Å². The second kappa shape index (κ2) is 9.97. The van der Waals surface area contributed by atoms with Gasteiger partial charge in [-0.05, 0) is 19.8 Å². The van der Waals surface area contributed by atoms with Crippen LogP contribution in [0.1, 0.15) is 46.8 Å². The SMILES string of the molecule is CN=C(NCCc1nc(C)c(C)s1)NCc1cc(C(C)C)no1.I. The average Bonchev–Trinajstić information content (AvgIpc) is 3.10. The van der Waals surface area contributed by atoms with Gasteiger partial charge in [-0.25, -0.2) is 4.98 Å². The van der Waals surface area contributed by atoms with Crippen molar-refractivity contribution in [2.45, 2.75) is 46.6 Å². The minimum atomic E-state index is 0. The Morgan fingerprint density at radius 1 is 1.33 bits per heavy atom. The van der Waals surface area contributed by atoms with E-state index in [0.29, 0.717) is 12.5 Å². The monoisotopic (exact) mass is 463 g/mol. The Bertz CT molecular complexity index is 646. The fourth-order valence-electron chi connectivity index (χ4n) is 2.01. The fraction of sp³-hybridized carbons (Fsp3) is 0.562. The number of aryl methyl sites for hydroxylation is 2. The van der Waals surface area contributed by atoms with Crippen molar-refractivity contribution in [1.29, 1.82) is 0 Å². The summed E-state index contributed by atoms with van der Waals surface area (Å²) in [4.78, 5) is 10.0. The molecule has 0 fully saturated rings. The minimum absolute atomic E-state index is 0. The van der Waals surface area contributed by atoms with E-state index in [9.17, 15) is 0 Å². The Hall–Kier alpha value is -1.16. The molecule has 0 aliphatic heterocycles. The highest BCUT2D eigenvalue weighted by Crippen LogP contribution is 2.16. The molecule has 2 N–H and O–H groups in total. The number of hydrogen-bond donors (Lipinski definition) is 2. The van der Waals surface area contributed by atoms with Gasteiger partial charge in [0.1, 0.15) is 0 Å². The van der Waals surface area contributed by atoms with Crippen molar-refractivity contribution in [3.63, 3.8) is 0 Å². The van der Waals surface area contributed by atoms with Gasteiger partial charge in [-0.15, -0.1) is 35.3 Å². The second-order valence-electron chi connectivity index (χ2n) is 5.72. The molecule has 2 aromatic heterocycles. The molecule has 2 aromatic rings. The summed E-state index contributed by atoms with van der Waals surface area (Å²) in [6, 6.07) is 1.98. The lowest BCUT2D eigenvalue weighted by Gasteiger charge is -2.09. The molecule has 0 bridgehead atoms. The Morgan fingerprint density at radius 3 is 2.62 bits per heavy atom. The van der Waals surface area contributed by atoms with Gasteiger partial charge < -0.3 is 15.2 Å². The Kier molecular flexibility index (Phi) is 8.68. The maximum absolute atomic E-state index is 5.31. The average molecular weight is 463 g/mol. The van der Waals surface area contributed by atoms with Gasteiger partial charge in [0.05, 0.1) is 22.9 Å². The molecule has 2 heterocycles. The molecule has 0 aliphatic rings. The van der Waals surface area contributed by atoms with E-state index >= 15 is 0 Å². The minimum Gasteiger partial charge on any atom is -0.359 e. The molecule has 0 amide bonds. The van der Waals surface area contributed by atoms with E-state index in [1.807, 2.05) is 13.0 Å². The second-order valence-corrected chi connectivity index (χ2v) is 7.01. The first kappa shape index (κ1) is 20.9. The van der Waals surface area contributed by atoms with Gasteiger partial charge in [-0.3, -0.25) is 4.99 Å². The first-order valence-corrected chi connectivity index (χ1v) is 8.64. The number of aliphatic imine (C=N–C) groups is 1. The van der Waals surface area contributed by atoms with Crippen molar-refractivity contribution in [2.75, 3.05) is 13.6 Å². The first-order chi connectivity index (χ1) is 11.0. The molecule has 0 saturated heterocycles. The highest BCUT2D eigenvalue weighted by molar-refractivity contribution is 14.0. The number of aromatic nitrogens is 2. The maximum atomic E-state index is 5.31. The van der Waals surface area contributed by atoms with Crippen LogP contribution in [-0.2, 0) is 13.0 Å². The highest BCUT2D eigenvalue weighted by Gasteiger charge is 2.08. The molecular formula is C16H26IN5OS. The third-order valence-electron chi connectivity index (χ3n) is 3.53. The summed E-state index contributed by atoms with van der Waals surface area (Å²) < 4.78 is 5.31. The van der Waals surface area contributed by atoms with E-state index in [1.165, 1.54) is 4.88 Å². The van der Waals surface area contributed by atoms with Crippen molar-refractivity contribution in [3.8, 4) is 0 Å². The van der Waals surface area contributed by atoms with E-state index in [1.54, 1.807) is 18.4 Å². The summed E-state index contributed by atoms with van der Waals surface area (Å²) >= 11 is 1.75. The van der Waals surface area contributed by atoms with Gasteiger partial charge in [0, 0.05) is 31.0 Å². The zero-order valence-electron chi connectivity index (χ0n) is 14.8. The van der Waals surface area contributed by atoms with Crippen molar-refractivity contribution in [1.82, 2.24) is 20.8 Å². The molecule has 6 nitrogen and oxygen atoms in total. The lowest BCUT2D eigenvalue weighted by Crippen LogP contribution is -2.37. The molecule has 0 aliphatic carbocycles. The number of rotatable bonds is 6. The molecule has 24 heavy (non-hydrogen) atoms. The smallest absolute Gasteiger partial charge is 0.191 e. The van der Waals surface area contributed by atoms with Gasteiger partial charge >= 0.3 is 0 Å². The molecule has 0 saturated carbocycles. The third kappa shape index (κ3) is 6.04. The molecular weight excluding hydrogens is 437 g/mol. The van der Waals surface area contributed by atoms with Crippen LogP contribution in [0.25, 0.3) is 0 Å². The summed E-state index contributed by atoms with van der Waals surface area (Å²) in [5.41, 5.74) is 2.10. The van der Waals surface area contributed by atoms with Crippen molar-refractivity contribution < 1.29 is 4.52 Å². The number of nitrogens with one attached hydrogen (secondary N) is 2. The van der Waals surface area contributed by atoms with Gasteiger partial charge in [0.25, 0.3) is 0 Å². The zero-order valence-corrected chi connectivity index (χ0v) is 18.0. The molecule has 0 spiro atoms. The number of guanidine groups is 1. The van der Waals surface area contributed by atoms with Crippen molar-refractivity contribution >= 4 is 41.3 Å². The van der Waals surface area contributed by atoms with Crippen LogP contribution in [0.2, 0.25) is 0 Å². The van der Waals surface area contributed by atoms with E-state index in [0.717, 1.165) is 41.1 Å². The van der Waals surface area contributed by atoms with Crippen LogP contribution in [0.15, 0.2) is 15.6 Å². The Labute approximate surface area is 164 Å². The van der Waals surface area contributed by atoms with Crippen LogP contribution >= 0.6 is 35.3 Å². The maximum Gasteiger partial charge on any atom is 0.191 e.